The van der Waals surface area contributed by atoms with Crippen molar-refractivity contribution in [3.8, 4) is 0 Å². The molecule has 2 rings (SSSR count). The van der Waals surface area contributed by atoms with Crippen LogP contribution >= 0.6 is 0 Å². The summed E-state index contributed by atoms with van der Waals surface area (Å²) >= 11 is 0. The van der Waals surface area contributed by atoms with Gasteiger partial charge in [0.2, 0.25) is 0 Å². The Morgan fingerprint density at radius 2 is 1.96 bits per heavy atom. The van der Waals surface area contributed by atoms with E-state index in [0.29, 0.717) is 13.0 Å². The Kier molecular flexibility index (Phi) is 6.20. The number of carboxylic acids is 1. The Labute approximate surface area is 143 Å². The zero-order chi connectivity index (χ0) is 17.7. The van der Waals surface area contributed by atoms with Crippen molar-refractivity contribution < 1.29 is 19.4 Å². The standard InChI is InChI=1S/C18H26N2O4/c1-13(2)19(3)16-9-15(17(21)22)10-20(11-16)18(23)24-12-14-7-5-4-6-8-14/h4-8,13,15-16H,9-12H2,1-3H3,(H,21,22)/t15-,16-/m1/s1. The molecule has 0 bridgehead atoms. The van der Waals surface area contributed by atoms with E-state index in [9.17, 15) is 14.7 Å². The quantitative estimate of drug-likeness (QED) is 0.895. The van der Waals surface area contributed by atoms with Crippen LogP contribution in [0.3, 0.4) is 0 Å². The smallest absolute Gasteiger partial charge is 0.410 e. The molecule has 2 atom stereocenters. The number of benzene rings is 1. The van der Waals surface area contributed by atoms with Gasteiger partial charge in [0.25, 0.3) is 0 Å². The van der Waals surface area contributed by atoms with Gasteiger partial charge in [0.05, 0.1) is 5.92 Å². The van der Waals surface area contributed by atoms with Crippen LogP contribution in [-0.4, -0.2) is 59.2 Å². The summed E-state index contributed by atoms with van der Waals surface area (Å²) in [6.07, 6.45) is 0.0962. The summed E-state index contributed by atoms with van der Waals surface area (Å²) in [6, 6.07) is 9.75. The maximum atomic E-state index is 12.4. The van der Waals surface area contributed by atoms with E-state index in [1.165, 1.54) is 4.90 Å². The van der Waals surface area contributed by atoms with Gasteiger partial charge in [-0.3, -0.25) is 9.69 Å². The lowest BCUT2D eigenvalue weighted by Gasteiger charge is -2.41. The SMILES string of the molecule is CC(C)N(C)[C@@H]1C[C@@H](C(=O)O)CN(C(=O)OCc2ccccc2)C1. The van der Waals surface area contributed by atoms with E-state index in [2.05, 4.69) is 18.7 Å². The molecule has 6 nitrogen and oxygen atoms in total. The van der Waals surface area contributed by atoms with Gasteiger partial charge in [-0.2, -0.15) is 0 Å². The second-order valence-corrected chi connectivity index (χ2v) is 6.63. The Morgan fingerprint density at radius 3 is 2.54 bits per heavy atom. The van der Waals surface area contributed by atoms with Crippen molar-refractivity contribution in [1.29, 1.82) is 0 Å². The first-order chi connectivity index (χ1) is 11.4. The molecule has 0 radical (unpaired) electrons. The maximum absolute atomic E-state index is 12.4. The average Bonchev–Trinajstić information content (AvgIpc) is 2.59. The van der Waals surface area contributed by atoms with Crippen molar-refractivity contribution in [2.24, 2.45) is 5.92 Å². The molecule has 0 spiro atoms. The van der Waals surface area contributed by atoms with E-state index in [-0.39, 0.29) is 25.2 Å². The topological polar surface area (TPSA) is 70.1 Å². The number of ether oxygens (including phenoxy) is 1. The highest BCUT2D eigenvalue weighted by atomic mass is 16.6. The van der Waals surface area contributed by atoms with E-state index < -0.39 is 18.0 Å². The number of likely N-dealkylation sites (tertiary alicyclic amines) is 1. The van der Waals surface area contributed by atoms with Gasteiger partial charge < -0.3 is 14.7 Å². The summed E-state index contributed by atoms with van der Waals surface area (Å²) in [6.45, 7) is 5.00. The third-order valence-electron chi connectivity index (χ3n) is 4.63. The minimum atomic E-state index is -0.863. The van der Waals surface area contributed by atoms with Crippen LogP contribution in [0.15, 0.2) is 30.3 Å². The number of hydrogen-bond donors (Lipinski definition) is 1. The lowest BCUT2D eigenvalue weighted by Crippen LogP contribution is -2.54. The molecule has 1 aliphatic rings. The normalized spacial score (nSPS) is 21.1. The number of aliphatic carboxylic acids is 1. The second-order valence-electron chi connectivity index (χ2n) is 6.63. The predicted octanol–water partition coefficient (Wildman–Crippen LogP) is 2.44. The molecule has 0 unspecified atom stereocenters. The van der Waals surface area contributed by atoms with Crippen molar-refractivity contribution in [2.45, 2.75) is 39.0 Å². The van der Waals surface area contributed by atoms with Crippen LogP contribution in [0.5, 0.6) is 0 Å². The van der Waals surface area contributed by atoms with Gasteiger partial charge in [0.1, 0.15) is 6.61 Å². The summed E-state index contributed by atoms with van der Waals surface area (Å²) in [5.74, 6) is -1.42. The van der Waals surface area contributed by atoms with Gasteiger partial charge in [0, 0.05) is 25.2 Å². The van der Waals surface area contributed by atoms with Crippen LogP contribution in [0, 0.1) is 5.92 Å². The molecule has 6 heteroatoms. The third kappa shape index (κ3) is 4.71. The van der Waals surface area contributed by atoms with Crippen LogP contribution in [0.4, 0.5) is 4.79 Å². The summed E-state index contributed by atoms with van der Waals surface area (Å²) in [4.78, 5) is 27.5. The number of rotatable bonds is 5. The van der Waals surface area contributed by atoms with Gasteiger partial charge in [-0.25, -0.2) is 4.79 Å². The summed E-state index contributed by atoms with van der Waals surface area (Å²) in [5, 5.41) is 9.39. The fourth-order valence-electron chi connectivity index (χ4n) is 2.93. The number of carboxylic acid groups (broad SMARTS) is 1. The van der Waals surface area contributed by atoms with Crippen molar-refractivity contribution in [1.82, 2.24) is 9.80 Å². The van der Waals surface area contributed by atoms with Crippen molar-refractivity contribution in [2.75, 3.05) is 20.1 Å². The molecule has 1 saturated heterocycles. The van der Waals surface area contributed by atoms with E-state index in [1.54, 1.807) is 0 Å². The molecule has 132 valence electrons. The van der Waals surface area contributed by atoms with Crippen molar-refractivity contribution >= 4 is 12.1 Å². The lowest BCUT2D eigenvalue weighted by atomic mass is 9.93. The minimum absolute atomic E-state index is 0.0177. The van der Waals surface area contributed by atoms with Crippen molar-refractivity contribution in [3.05, 3.63) is 35.9 Å². The molecule has 1 aromatic rings. The number of carbonyl (C=O) groups excluding carboxylic acids is 1. The first kappa shape index (κ1) is 18.3. The molecule has 1 aliphatic heterocycles. The van der Waals surface area contributed by atoms with Gasteiger partial charge in [-0.05, 0) is 32.9 Å². The summed E-state index contributed by atoms with van der Waals surface area (Å²) < 4.78 is 5.36. The fourth-order valence-corrected chi connectivity index (χ4v) is 2.93. The monoisotopic (exact) mass is 334 g/mol. The molecular weight excluding hydrogens is 308 g/mol. The van der Waals surface area contributed by atoms with Crippen LogP contribution in [0.25, 0.3) is 0 Å². The fraction of sp³-hybridized carbons (Fsp3) is 0.556. The van der Waals surface area contributed by atoms with Crippen LogP contribution < -0.4 is 0 Å². The largest absolute Gasteiger partial charge is 0.481 e. The van der Waals surface area contributed by atoms with Gasteiger partial charge in [-0.15, -0.1) is 0 Å². The summed E-state index contributed by atoms with van der Waals surface area (Å²) in [5.41, 5.74) is 0.911. The molecule has 1 aromatic carbocycles. The molecular formula is C18H26N2O4. The number of carbonyl (C=O) groups is 2. The zero-order valence-corrected chi connectivity index (χ0v) is 14.5. The molecule has 1 amide bonds. The first-order valence-electron chi connectivity index (χ1n) is 8.28. The minimum Gasteiger partial charge on any atom is -0.481 e. The molecule has 0 aromatic heterocycles. The van der Waals surface area contributed by atoms with E-state index >= 15 is 0 Å². The molecule has 1 N–H and O–H groups in total. The Balaban J connectivity index is 2.00. The van der Waals surface area contributed by atoms with Gasteiger partial charge in [-0.1, -0.05) is 30.3 Å². The zero-order valence-electron chi connectivity index (χ0n) is 14.5. The van der Waals surface area contributed by atoms with Crippen LogP contribution in [-0.2, 0) is 16.1 Å². The third-order valence-corrected chi connectivity index (χ3v) is 4.63. The number of piperidine rings is 1. The Morgan fingerprint density at radius 1 is 1.29 bits per heavy atom. The van der Waals surface area contributed by atoms with Gasteiger partial charge >= 0.3 is 12.1 Å². The van der Waals surface area contributed by atoms with Crippen LogP contribution in [0.1, 0.15) is 25.8 Å². The van der Waals surface area contributed by atoms with Gasteiger partial charge in [0.15, 0.2) is 0 Å². The number of hydrogen-bond acceptors (Lipinski definition) is 4. The molecule has 0 aliphatic carbocycles. The van der Waals surface area contributed by atoms with E-state index in [1.807, 2.05) is 37.4 Å². The predicted molar refractivity (Wildman–Crippen MR) is 90.6 cm³/mol. The second kappa shape index (κ2) is 8.15. The van der Waals surface area contributed by atoms with Crippen molar-refractivity contribution in [3.63, 3.8) is 0 Å². The number of nitrogens with zero attached hydrogens (tertiary/aromatic N) is 2. The van der Waals surface area contributed by atoms with E-state index in [4.69, 9.17) is 4.74 Å². The van der Waals surface area contributed by atoms with E-state index in [0.717, 1.165) is 5.56 Å². The number of amides is 1. The molecule has 0 saturated carbocycles. The highest BCUT2D eigenvalue weighted by Crippen LogP contribution is 2.23. The number of likely N-dealkylation sites (N-methyl/N-ethyl adjacent to an activating group) is 1. The Bertz CT molecular complexity index is 561. The maximum Gasteiger partial charge on any atom is 0.410 e. The average molecular weight is 334 g/mol. The summed E-state index contributed by atoms with van der Waals surface area (Å²) in [7, 11) is 1.97. The molecule has 24 heavy (non-hydrogen) atoms. The lowest BCUT2D eigenvalue weighted by molar-refractivity contribution is -0.144. The molecule has 1 fully saturated rings. The highest BCUT2D eigenvalue weighted by molar-refractivity contribution is 5.73. The first-order valence-corrected chi connectivity index (χ1v) is 8.28. The Hall–Kier alpha value is -2.08. The molecule has 1 heterocycles. The van der Waals surface area contributed by atoms with Crippen LogP contribution in [0.2, 0.25) is 0 Å². The highest BCUT2D eigenvalue weighted by Gasteiger charge is 2.36.